The fourth-order valence-electron chi connectivity index (χ4n) is 4.08. The van der Waals surface area contributed by atoms with Gasteiger partial charge in [0.1, 0.15) is 11.4 Å². The fraction of sp³-hybridized carbons (Fsp3) is 0.240. The Bertz CT molecular complexity index is 1110. The molecule has 2 heterocycles. The first kappa shape index (κ1) is 22.1. The second kappa shape index (κ2) is 9.60. The highest BCUT2D eigenvalue weighted by molar-refractivity contribution is 6.05. The molecule has 1 fully saturated rings. The van der Waals surface area contributed by atoms with E-state index in [4.69, 9.17) is 5.73 Å². The van der Waals surface area contributed by atoms with Crippen LogP contribution in [-0.2, 0) is 4.79 Å². The minimum absolute atomic E-state index is 0.0221. The molecule has 0 unspecified atom stereocenters. The molecule has 1 saturated heterocycles. The molecule has 0 aliphatic carbocycles. The van der Waals surface area contributed by atoms with Gasteiger partial charge in [-0.2, -0.15) is 0 Å². The van der Waals surface area contributed by atoms with E-state index in [2.05, 4.69) is 25.8 Å². The molecule has 0 atom stereocenters. The minimum atomic E-state index is -0.679. The lowest BCUT2D eigenvalue weighted by molar-refractivity contribution is -0.125. The molecular formula is C25H28N6O2. The van der Waals surface area contributed by atoms with Crippen LogP contribution in [0.2, 0.25) is 0 Å². The summed E-state index contributed by atoms with van der Waals surface area (Å²) in [5.74, 6) is 0.485. The third-order valence-corrected chi connectivity index (χ3v) is 5.98. The highest BCUT2D eigenvalue weighted by Gasteiger charge is 2.41. The van der Waals surface area contributed by atoms with Gasteiger partial charge in [0.15, 0.2) is 0 Å². The van der Waals surface area contributed by atoms with Crippen molar-refractivity contribution in [2.45, 2.75) is 18.4 Å². The van der Waals surface area contributed by atoms with Crippen LogP contribution in [0.15, 0.2) is 72.9 Å². The molecule has 8 heteroatoms. The van der Waals surface area contributed by atoms with Crippen molar-refractivity contribution in [3.05, 3.63) is 78.5 Å². The number of nitrogens with two attached hydrogens (primary N) is 1. The number of carbonyl (C=O) groups excluding carboxylic acids is 2. The highest BCUT2D eigenvalue weighted by atomic mass is 16.2. The number of pyridine rings is 1. The molecule has 3 aromatic rings. The Morgan fingerprint density at radius 3 is 2.30 bits per heavy atom. The predicted octanol–water partition coefficient (Wildman–Crippen LogP) is 3.11. The van der Waals surface area contributed by atoms with Crippen LogP contribution < -0.4 is 26.6 Å². The van der Waals surface area contributed by atoms with E-state index in [1.807, 2.05) is 48.5 Å². The van der Waals surface area contributed by atoms with Gasteiger partial charge in [-0.25, -0.2) is 4.98 Å². The lowest BCUT2D eigenvalue weighted by atomic mass is 9.86. The number of nitrogen functional groups attached to an aromatic ring is 1. The maximum absolute atomic E-state index is 12.8. The highest BCUT2D eigenvalue weighted by Crippen LogP contribution is 2.29. The Morgan fingerprint density at radius 2 is 1.67 bits per heavy atom. The van der Waals surface area contributed by atoms with Gasteiger partial charge >= 0.3 is 0 Å². The summed E-state index contributed by atoms with van der Waals surface area (Å²) in [7, 11) is 1.66. The molecule has 0 spiro atoms. The van der Waals surface area contributed by atoms with E-state index in [0.717, 1.165) is 11.5 Å². The molecule has 0 saturated carbocycles. The molecule has 1 aliphatic rings. The average molecular weight is 445 g/mol. The smallest absolute Gasteiger partial charge is 0.257 e. The van der Waals surface area contributed by atoms with E-state index in [1.54, 1.807) is 31.4 Å². The third kappa shape index (κ3) is 4.90. The van der Waals surface area contributed by atoms with E-state index in [1.165, 1.54) is 0 Å². The molecule has 4 rings (SSSR count). The van der Waals surface area contributed by atoms with Gasteiger partial charge in [0.25, 0.3) is 5.91 Å². The topological polar surface area (TPSA) is 112 Å². The van der Waals surface area contributed by atoms with E-state index in [0.29, 0.717) is 42.9 Å². The number of amides is 2. The van der Waals surface area contributed by atoms with Gasteiger partial charge in [-0.3, -0.25) is 9.59 Å². The molecule has 2 amide bonds. The number of carbonyl (C=O) groups is 2. The molecule has 0 bridgehead atoms. The Balaban J connectivity index is 1.42. The molecule has 170 valence electrons. The third-order valence-electron chi connectivity index (χ3n) is 5.98. The zero-order valence-corrected chi connectivity index (χ0v) is 18.5. The van der Waals surface area contributed by atoms with Gasteiger partial charge in [-0.05, 0) is 49.2 Å². The van der Waals surface area contributed by atoms with E-state index >= 15 is 0 Å². The monoisotopic (exact) mass is 444 g/mol. The second-order valence-electron chi connectivity index (χ2n) is 8.09. The fourth-order valence-corrected chi connectivity index (χ4v) is 4.08. The Kier molecular flexibility index (Phi) is 6.44. The van der Waals surface area contributed by atoms with Crippen LogP contribution in [0.3, 0.4) is 0 Å². The molecule has 1 aliphatic heterocycles. The van der Waals surface area contributed by atoms with Crippen molar-refractivity contribution in [3.63, 3.8) is 0 Å². The first-order valence-corrected chi connectivity index (χ1v) is 10.9. The number of nitrogens with zero attached hydrogens (tertiary/aromatic N) is 2. The van der Waals surface area contributed by atoms with Gasteiger partial charge in [0.05, 0.1) is 16.9 Å². The Hall–Kier alpha value is -4.07. The van der Waals surface area contributed by atoms with Crippen LogP contribution in [0.25, 0.3) is 0 Å². The largest absolute Gasteiger partial charge is 0.397 e. The van der Waals surface area contributed by atoms with Crippen molar-refractivity contribution in [1.29, 1.82) is 0 Å². The number of piperidine rings is 1. The summed E-state index contributed by atoms with van der Waals surface area (Å²) in [5.41, 5.74) is 7.66. The van der Waals surface area contributed by atoms with Crippen molar-refractivity contribution in [2.24, 2.45) is 0 Å². The maximum Gasteiger partial charge on any atom is 0.257 e. The van der Waals surface area contributed by atoms with Crippen molar-refractivity contribution in [2.75, 3.05) is 41.4 Å². The van der Waals surface area contributed by atoms with Crippen molar-refractivity contribution >= 4 is 34.7 Å². The van der Waals surface area contributed by atoms with Crippen molar-refractivity contribution < 1.29 is 9.59 Å². The number of rotatable bonds is 6. The Morgan fingerprint density at radius 1 is 0.970 bits per heavy atom. The quantitative estimate of drug-likeness (QED) is 0.435. The standard InChI is InChI=1S/C25H28N6O2/c1-27-24(33)25(30-19-7-3-2-4-8-19)13-15-31(16-14-25)22-12-11-18(17-28-22)23(32)29-21-10-6-5-9-20(21)26/h2-12,17,30H,13-16,26H2,1H3,(H,27,33)(H,29,32). The van der Waals surface area contributed by atoms with Gasteiger partial charge in [0.2, 0.25) is 5.91 Å². The molecule has 0 radical (unpaired) electrons. The summed E-state index contributed by atoms with van der Waals surface area (Å²) in [6, 6.07) is 20.5. The normalized spacial score (nSPS) is 14.9. The average Bonchev–Trinajstić information content (AvgIpc) is 2.86. The van der Waals surface area contributed by atoms with Crippen molar-refractivity contribution in [3.8, 4) is 0 Å². The lowest BCUT2D eigenvalue weighted by Gasteiger charge is -2.42. The zero-order chi connectivity index (χ0) is 23.3. The Labute approximate surface area is 193 Å². The summed E-state index contributed by atoms with van der Waals surface area (Å²) in [4.78, 5) is 31.9. The van der Waals surface area contributed by atoms with E-state index in [9.17, 15) is 9.59 Å². The molecule has 5 N–H and O–H groups in total. The van der Waals surface area contributed by atoms with Crippen LogP contribution in [-0.4, -0.2) is 42.5 Å². The maximum atomic E-state index is 12.8. The molecule has 33 heavy (non-hydrogen) atoms. The molecule has 2 aromatic carbocycles. The van der Waals surface area contributed by atoms with Crippen LogP contribution in [0.5, 0.6) is 0 Å². The molecule has 1 aromatic heterocycles. The number of benzene rings is 2. The van der Waals surface area contributed by atoms with E-state index < -0.39 is 5.54 Å². The molecular weight excluding hydrogens is 416 g/mol. The van der Waals surface area contributed by atoms with Gasteiger partial charge in [0, 0.05) is 32.0 Å². The first-order chi connectivity index (χ1) is 16.0. The van der Waals surface area contributed by atoms with Crippen LogP contribution >= 0.6 is 0 Å². The number of likely N-dealkylation sites (N-methyl/N-ethyl adjacent to an activating group) is 1. The number of para-hydroxylation sites is 3. The zero-order valence-electron chi connectivity index (χ0n) is 18.5. The van der Waals surface area contributed by atoms with Gasteiger partial charge in [-0.15, -0.1) is 0 Å². The summed E-state index contributed by atoms with van der Waals surface area (Å²) < 4.78 is 0. The van der Waals surface area contributed by atoms with E-state index in [-0.39, 0.29) is 11.8 Å². The van der Waals surface area contributed by atoms with Crippen LogP contribution in [0.4, 0.5) is 22.9 Å². The number of anilines is 4. The minimum Gasteiger partial charge on any atom is -0.397 e. The SMILES string of the molecule is CNC(=O)C1(Nc2ccccc2)CCN(c2ccc(C(=O)Nc3ccccc3N)cn2)CC1. The number of hydrogen-bond donors (Lipinski definition) is 4. The number of hydrogen-bond acceptors (Lipinski definition) is 6. The van der Waals surface area contributed by atoms with Crippen LogP contribution in [0.1, 0.15) is 23.2 Å². The van der Waals surface area contributed by atoms with Gasteiger partial charge in [-0.1, -0.05) is 30.3 Å². The summed E-state index contributed by atoms with van der Waals surface area (Å²) in [5, 5.41) is 9.06. The van der Waals surface area contributed by atoms with Gasteiger partial charge < -0.3 is 26.6 Å². The summed E-state index contributed by atoms with van der Waals surface area (Å²) in [6.07, 6.45) is 2.81. The number of nitrogens with one attached hydrogen (secondary N) is 3. The summed E-state index contributed by atoms with van der Waals surface area (Å²) in [6.45, 7) is 1.32. The summed E-state index contributed by atoms with van der Waals surface area (Å²) >= 11 is 0. The second-order valence-corrected chi connectivity index (χ2v) is 8.09. The predicted molar refractivity (Wildman–Crippen MR) is 131 cm³/mol. The molecule has 8 nitrogen and oxygen atoms in total. The number of aromatic nitrogens is 1. The van der Waals surface area contributed by atoms with Crippen LogP contribution in [0, 0.1) is 0 Å². The first-order valence-electron chi connectivity index (χ1n) is 10.9. The lowest BCUT2D eigenvalue weighted by Crippen LogP contribution is -2.58. The van der Waals surface area contributed by atoms with Crippen molar-refractivity contribution in [1.82, 2.24) is 10.3 Å².